The third kappa shape index (κ3) is 4.07. The number of carbonyl (C=O) groups is 1. The number of hydrogen-bond donors (Lipinski definition) is 0. The molecule has 1 fully saturated rings. The SMILES string of the molecule is COC(=O)c1c(COc2ccc(S(=O)(=O)N3CCOCC3)cc2)nn2c1CCCC2. The smallest absolute Gasteiger partial charge is 0.341 e. The zero-order valence-corrected chi connectivity index (χ0v) is 17.7. The van der Waals surface area contributed by atoms with Gasteiger partial charge in [0.05, 0.1) is 30.9 Å². The van der Waals surface area contributed by atoms with E-state index < -0.39 is 16.0 Å². The van der Waals surface area contributed by atoms with E-state index >= 15 is 0 Å². The number of morpholine rings is 1. The molecule has 1 aromatic heterocycles. The molecule has 4 rings (SSSR count). The number of hydrogen-bond acceptors (Lipinski definition) is 7. The van der Waals surface area contributed by atoms with Crippen LogP contribution in [0, 0.1) is 0 Å². The van der Waals surface area contributed by atoms with Crippen LogP contribution in [0.4, 0.5) is 0 Å². The first-order valence-corrected chi connectivity index (χ1v) is 11.4. The summed E-state index contributed by atoms with van der Waals surface area (Å²) in [6.07, 6.45) is 2.81. The van der Waals surface area contributed by atoms with Crippen LogP contribution in [0.15, 0.2) is 29.2 Å². The summed E-state index contributed by atoms with van der Waals surface area (Å²) in [6.45, 7) is 2.37. The summed E-state index contributed by atoms with van der Waals surface area (Å²) < 4.78 is 44.7. The fraction of sp³-hybridized carbons (Fsp3) is 0.500. The minimum absolute atomic E-state index is 0.0972. The molecule has 0 saturated carbocycles. The van der Waals surface area contributed by atoms with Gasteiger partial charge in [0.2, 0.25) is 10.0 Å². The summed E-state index contributed by atoms with van der Waals surface area (Å²) in [5.74, 6) is 0.0846. The molecule has 10 heteroatoms. The highest BCUT2D eigenvalue weighted by atomic mass is 32.2. The van der Waals surface area contributed by atoms with Crippen molar-refractivity contribution in [1.29, 1.82) is 0 Å². The van der Waals surface area contributed by atoms with Crippen LogP contribution in [0.5, 0.6) is 5.75 Å². The second kappa shape index (κ2) is 8.75. The Labute approximate surface area is 175 Å². The van der Waals surface area contributed by atoms with Gasteiger partial charge in [0, 0.05) is 19.6 Å². The second-order valence-electron chi connectivity index (χ2n) is 7.22. The summed E-state index contributed by atoms with van der Waals surface area (Å²) in [4.78, 5) is 12.5. The van der Waals surface area contributed by atoms with Crippen LogP contribution in [-0.4, -0.2) is 61.9 Å². The monoisotopic (exact) mass is 435 g/mol. The molecule has 162 valence electrons. The molecule has 0 N–H and O–H groups in total. The molecule has 2 aromatic rings. The van der Waals surface area contributed by atoms with E-state index in [0.717, 1.165) is 31.5 Å². The fourth-order valence-corrected chi connectivity index (χ4v) is 5.19. The highest BCUT2D eigenvalue weighted by Crippen LogP contribution is 2.25. The molecular formula is C20H25N3O6S. The number of methoxy groups -OCH3 is 1. The normalized spacial score (nSPS) is 17.4. The van der Waals surface area contributed by atoms with Crippen LogP contribution in [0.2, 0.25) is 0 Å². The zero-order chi connectivity index (χ0) is 21.1. The molecule has 30 heavy (non-hydrogen) atoms. The number of benzene rings is 1. The topological polar surface area (TPSA) is 100.0 Å². The van der Waals surface area contributed by atoms with Gasteiger partial charge in [-0.25, -0.2) is 13.2 Å². The number of fused-ring (bicyclic) bond motifs is 1. The van der Waals surface area contributed by atoms with Gasteiger partial charge in [0.15, 0.2) is 0 Å². The number of nitrogens with zero attached hydrogens (tertiary/aromatic N) is 3. The van der Waals surface area contributed by atoms with Crippen molar-refractivity contribution < 1.29 is 27.4 Å². The first-order valence-electron chi connectivity index (χ1n) is 9.98. The summed E-state index contributed by atoms with van der Waals surface area (Å²) in [5.41, 5.74) is 1.89. The maximum atomic E-state index is 12.7. The molecule has 0 spiro atoms. The highest BCUT2D eigenvalue weighted by Gasteiger charge is 2.27. The largest absolute Gasteiger partial charge is 0.487 e. The summed E-state index contributed by atoms with van der Waals surface area (Å²) in [7, 11) is -2.19. The van der Waals surface area contributed by atoms with Gasteiger partial charge in [0.25, 0.3) is 0 Å². The lowest BCUT2D eigenvalue weighted by atomic mass is 10.1. The van der Waals surface area contributed by atoms with E-state index in [9.17, 15) is 13.2 Å². The molecule has 3 heterocycles. The third-order valence-electron chi connectivity index (χ3n) is 5.36. The average molecular weight is 436 g/mol. The van der Waals surface area contributed by atoms with Crippen molar-refractivity contribution in [2.45, 2.75) is 37.3 Å². The Balaban J connectivity index is 1.48. The van der Waals surface area contributed by atoms with Gasteiger partial charge in [-0.15, -0.1) is 0 Å². The lowest BCUT2D eigenvalue weighted by Crippen LogP contribution is -2.40. The van der Waals surface area contributed by atoms with Gasteiger partial charge >= 0.3 is 5.97 Å². The maximum absolute atomic E-state index is 12.7. The number of ether oxygens (including phenoxy) is 3. The Morgan fingerprint density at radius 1 is 1.13 bits per heavy atom. The molecule has 0 atom stereocenters. The van der Waals surface area contributed by atoms with E-state index in [4.69, 9.17) is 14.2 Å². The lowest BCUT2D eigenvalue weighted by molar-refractivity contribution is 0.0596. The van der Waals surface area contributed by atoms with E-state index in [-0.39, 0.29) is 11.5 Å². The molecule has 9 nitrogen and oxygen atoms in total. The van der Waals surface area contributed by atoms with Gasteiger partial charge in [-0.1, -0.05) is 0 Å². The zero-order valence-electron chi connectivity index (χ0n) is 16.9. The van der Waals surface area contributed by atoms with Crippen LogP contribution in [0.3, 0.4) is 0 Å². The summed E-state index contributed by atoms with van der Waals surface area (Å²) in [5, 5.41) is 4.53. The van der Waals surface area contributed by atoms with Gasteiger partial charge in [-0.05, 0) is 43.5 Å². The van der Waals surface area contributed by atoms with Gasteiger partial charge in [-0.3, -0.25) is 4.68 Å². The van der Waals surface area contributed by atoms with E-state index in [0.29, 0.717) is 43.3 Å². The van der Waals surface area contributed by atoms with Gasteiger partial charge in [-0.2, -0.15) is 9.40 Å². The molecule has 0 unspecified atom stereocenters. The van der Waals surface area contributed by atoms with Crippen LogP contribution in [-0.2, 0) is 39.1 Å². The Morgan fingerprint density at radius 3 is 2.57 bits per heavy atom. The molecule has 2 aliphatic heterocycles. The fourth-order valence-electron chi connectivity index (χ4n) is 3.78. The van der Waals surface area contributed by atoms with Crippen molar-refractivity contribution >= 4 is 16.0 Å². The Bertz CT molecular complexity index is 1010. The minimum atomic E-state index is -3.55. The standard InChI is InChI=1S/C20H25N3O6S/c1-27-20(24)19-17(21-23-9-3-2-4-18(19)23)14-29-15-5-7-16(8-6-15)30(25,26)22-10-12-28-13-11-22/h5-8H,2-4,9-14H2,1H3. The summed E-state index contributed by atoms with van der Waals surface area (Å²) in [6, 6.07) is 6.28. The molecule has 2 aliphatic rings. The van der Waals surface area contributed by atoms with Crippen molar-refractivity contribution in [3.05, 3.63) is 41.2 Å². The number of rotatable bonds is 6. The number of sulfonamides is 1. The van der Waals surface area contributed by atoms with E-state index in [2.05, 4.69) is 5.10 Å². The van der Waals surface area contributed by atoms with Crippen molar-refractivity contribution in [2.24, 2.45) is 0 Å². The van der Waals surface area contributed by atoms with Crippen LogP contribution in [0.1, 0.15) is 34.6 Å². The van der Waals surface area contributed by atoms with E-state index in [1.54, 1.807) is 12.1 Å². The lowest BCUT2D eigenvalue weighted by Gasteiger charge is -2.26. The maximum Gasteiger partial charge on any atom is 0.341 e. The second-order valence-corrected chi connectivity index (χ2v) is 9.15. The minimum Gasteiger partial charge on any atom is -0.487 e. The first kappa shape index (κ1) is 20.8. The predicted octanol–water partition coefficient (Wildman–Crippen LogP) is 1.61. The summed E-state index contributed by atoms with van der Waals surface area (Å²) >= 11 is 0. The van der Waals surface area contributed by atoms with E-state index in [1.165, 1.54) is 23.5 Å². The quantitative estimate of drug-likeness (QED) is 0.636. The van der Waals surface area contributed by atoms with E-state index in [1.807, 2.05) is 4.68 Å². The number of aromatic nitrogens is 2. The Morgan fingerprint density at radius 2 is 1.87 bits per heavy atom. The predicted molar refractivity (Wildman–Crippen MR) is 107 cm³/mol. The van der Waals surface area contributed by atoms with Crippen molar-refractivity contribution in [3.63, 3.8) is 0 Å². The molecular weight excluding hydrogens is 410 g/mol. The Hall–Kier alpha value is -2.43. The number of carbonyl (C=O) groups excluding carboxylic acids is 1. The molecule has 1 aromatic carbocycles. The van der Waals surface area contributed by atoms with Crippen molar-refractivity contribution in [2.75, 3.05) is 33.4 Å². The molecule has 0 radical (unpaired) electrons. The number of aryl methyl sites for hydroxylation is 1. The molecule has 0 bridgehead atoms. The molecule has 1 saturated heterocycles. The first-order chi connectivity index (χ1) is 14.5. The third-order valence-corrected chi connectivity index (χ3v) is 7.27. The average Bonchev–Trinajstić information content (AvgIpc) is 3.16. The van der Waals surface area contributed by atoms with Crippen LogP contribution >= 0.6 is 0 Å². The highest BCUT2D eigenvalue weighted by molar-refractivity contribution is 7.89. The van der Waals surface area contributed by atoms with Gasteiger partial charge < -0.3 is 14.2 Å². The van der Waals surface area contributed by atoms with Crippen LogP contribution in [0.25, 0.3) is 0 Å². The van der Waals surface area contributed by atoms with Crippen molar-refractivity contribution in [3.8, 4) is 5.75 Å². The van der Waals surface area contributed by atoms with Crippen molar-refractivity contribution in [1.82, 2.24) is 14.1 Å². The molecule has 0 aliphatic carbocycles. The Kier molecular flexibility index (Phi) is 6.07. The van der Waals surface area contributed by atoms with Crippen LogP contribution < -0.4 is 4.74 Å². The van der Waals surface area contributed by atoms with Gasteiger partial charge in [0.1, 0.15) is 23.6 Å². The number of esters is 1. The molecule has 0 amide bonds.